The summed E-state index contributed by atoms with van der Waals surface area (Å²) in [6, 6.07) is 21.9. The number of nitrogen functional groups attached to an aromatic ring is 2. The fraction of sp³-hybridized carbons (Fsp3) is 0.500. The lowest BCUT2D eigenvalue weighted by atomic mass is 9.91. The summed E-state index contributed by atoms with van der Waals surface area (Å²) in [6.07, 6.45) is 6.47. The van der Waals surface area contributed by atoms with Gasteiger partial charge in [-0.3, -0.25) is 38.4 Å². The van der Waals surface area contributed by atoms with Crippen LogP contribution in [0.1, 0.15) is 98.2 Å². The van der Waals surface area contributed by atoms with Crippen molar-refractivity contribution < 1.29 is 115 Å². The summed E-state index contributed by atoms with van der Waals surface area (Å²) in [5.74, 6) is -1.14. The molecule has 6 radical (unpaired) electrons. The maximum absolute atomic E-state index is 11.6. The molecule has 4 rings (SSSR count). The van der Waals surface area contributed by atoms with Crippen LogP contribution in [0.25, 0.3) is 0 Å². The van der Waals surface area contributed by atoms with Crippen molar-refractivity contribution in [3.8, 4) is 0 Å². The highest BCUT2D eigenvalue weighted by molar-refractivity contribution is 14.1. The molecule has 0 aliphatic carbocycles. The third kappa shape index (κ3) is 70.8. The van der Waals surface area contributed by atoms with E-state index in [0.717, 1.165) is 82.8 Å². The number of carbonyl (C=O) groups excluding carboxylic acids is 15. The van der Waals surface area contributed by atoms with Gasteiger partial charge in [0.2, 0.25) is 0 Å². The molecule has 6 atom stereocenters. The van der Waals surface area contributed by atoms with Gasteiger partial charge in [0.25, 0.3) is 44.5 Å². The number of alkyl halides is 5. The average Bonchev–Trinajstić information content (AvgIpc) is 0.845. The average molecular weight is 2050 g/mol. The van der Waals surface area contributed by atoms with E-state index in [1.165, 1.54) is 88.4 Å². The normalized spacial score (nSPS) is 11.1. The number of nitrogens with one attached hydrogen (secondary N) is 6. The first-order chi connectivity index (χ1) is 59.1. The monoisotopic (exact) mass is 2050 g/mol. The van der Waals surface area contributed by atoms with Crippen molar-refractivity contribution in [3.63, 3.8) is 0 Å². The SMILES string of the molecule is C.COC(=O)CCN[B]C=O.COC(=O)C[C@@H](N[B]C=O)C(C)=O.COC(=O)C[C@H](CI)N[B]C=O.COC(=O)C[C@H](CO)N[B]C=O.COC(=O)C[C@H](Cc1cc(N(CCCl)CCCl)ccc1C)N[B]C=O.COC(=O)C[C@H](Cc1cc(N)ccc1C)N[B]C=O.Cc1ccc(N(CCCl)CCCl)cc1C[C@H](N)CC(=O)O.Cc1ccc(N)cc1I.O=C=O. The molecular weight excluding hydrogens is 1940 g/mol. The number of methoxy groups -OCH3 is 6. The first kappa shape index (κ1) is 128. The lowest BCUT2D eigenvalue weighted by molar-refractivity contribution is -0.192. The molecule has 35 nitrogen and oxygen atoms in total. The summed E-state index contributed by atoms with van der Waals surface area (Å²) in [5, 5.41) is 33.8. The molecule has 0 unspecified atom stereocenters. The van der Waals surface area contributed by atoms with Crippen LogP contribution in [0, 0.1) is 31.3 Å². The van der Waals surface area contributed by atoms with E-state index in [2.05, 4.69) is 129 Å². The number of hydrogen-bond acceptors (Lipinski definition) is 34. The second-order valence-corrected chi connectivity index (χ2v) is 28.9. The van der Waals surface area contributed by atoms with Crippen molar-refractivity contribution >= 4 is 250 Å². The number of nitrogens with zero attached hydrogens (tertiary/aromatic N) is 2. The Morgan fingerprint density at radius 2 is 0.792 bits per heavy atom. The van der Waals surface area contributed by atoms with Gasteiger partial charge < -0.3 is 126 Å². The van der Waals surface area contributed by atoms with Gasteiger partial charge in [-0.25, -0.2) is 0 Å². The third-order valence-electron chi connectivity index (χ3n) is 16.1. The minimum Gasteiger partial charge on any atom is -0.481 e. The minimum atomic E-state index is -0.873. The fourth-order valence-electron chi connectivity index (χ4n) is 9.61. The number of hydrogen-bond donors (Lipinski definition) is 11. The van der Waals surface area contributed by atoms with Gasteiger partial charge in [0.1, 0.15) is 5.78 Å². The van der Waals surface area contributed by atoms with E-state index in [9.17, 15) is 67.1 Å². The summed E-state index contributed by atoms with van der Waals surface area (Å²) in [6.45, 7) is 12.5. The summed E-state index contributed by atoms with van der Waals surface area (Å²) in [7, 11) is 15.2. The predicted octanol–water partition coefficient (Wildman–Crippen LogP) is 3.38. The van der Waals surface area contributed by atoms with E-state index in [0.29, 0.717) is 105 Å². The molecule has 0 aliphatic heterocycles. The van der Waals surface area contributed by atoms with Crippen LogP contribution < -0.4 is 58.4 Å². The van der Waals surface area contributed by atoms with Crippen LogP contribution >= 0.6 is 91.6 Å². The molecule has 47 heteroatoms. The largest absolute Gasteiger partial charge is 0.481 e. The van der Waals surface area contributed by atoms with Gasteiger partial charge in [-0.05, 0) is 170 Å². The van der Waals surface area contributed by atoms with Crippen molar-refractivity contribution in [3.05, 3.63) is 115 Å². The Labute approximate surface area is 785 Å². The number of aliphatic carboxylic acids is 1. The number of ketones is 1. The number of Topliss-reactive ketones (excluding diaryl/α,β-unsaturated/α-hetero) is 1. The first-order valence-electron chi connectivity index (χ1n) is 37.6. The van der Waals surface area contributed by atoms with Crippen LogP contribution in [0.2, 0.25) is 0 Å². The lowest BCUT2D eigenvalue weighted by Gasteiger charge is -2.25. The Morgan fingerprint density at radius 3 is 1.13 bits per heavy atom. The van der Waals surface area contributed by atoms with E-state index >= 15 is 0 Å². The highest BCUT2D eigenvalue weighted by Crippen LogP contribution is 2.24. The maximum atomic E-state index is 11.6. The number of ether oxygens (including phenoxy) is 6. The first-order valence-corrected chi connectivity index (χ1v) is 42.4. The molecule has 688 valence electrons. The zero-order chi connectivity index (χ0) is 95.2. The molecule has 0 aliphatic rings. The number of anilines is 4. The second kappa shape index (κ2) is 85.6. The molecule has 125 heavy (non-hydrogen) atoms. The number of carboxylic acids is 1. The number of rotatable bonds is 51. The van der Waals surface area contributed by atoms with Gasteiger partial charge in [-0.15, -0.1) is 46.4 Å². The topological polar surface area (TPSA) is 526 Å². The number of nitrogens with two attached hydrogens (primary N) is 3. The molecule has 0 bridgehead atoms. The van der Waals surface area contributed by atoms with Crippen LogP contribution in [-0.2, 0) is 124 Å². The van der Waals surface area contributed by atoms with Gasteiger partial charge >= 0.3 is 47.9 Å². The molecule has 0 heterocycles. The molecule has 0 spiro atoms. The van der Waals surface area contributed by atoms with E-state index in [1.54, 1.807) is 0 Å². The molecule has 14 N–H and O–H groups in total. The number of benzene rings is 4. The summed E-state index contributed by atoms with van der Waals surface area (Å²) < 4.78 is 28.9. The Balaban J connectivity index is -0.000000329. The number of carbonyl (C=O) groups is 14. The maximum Gasteiger partial charge on any atom is 0.373 e. The Bertz CT molecular complexity index is 3720. The highest BCUT2D eigenvalue weighted by Gasteiger charge is 2.22. The van der Waals surface area contributed by atoms with Crippen LogP contribution in [0.4, 0.5) is 22.7 Å². The summed E-state index contributed by atoms with van der Waals surface area (Å²) in [4.78, 5) is 168. The van der Waals surface area contributed by atoms with Crippen LogP contribution in [-0.4, -0.2) is 292 Å². The molecule has 0 aromatic heterocycles. The van der Waals surface area contributed by atoms with E-state index in [4.69, 9.17) is 88.1 Å². The summed E-state index contributed by atoms with van der Waals surface area (Å²) in [5.41, 5.74) is 28.6. The third-order valence-corrected chi connectivity index (χ3v) is 19.0. The number of aliphatic hydroxyl groups excluding tert-OH is 1. The Morgan fingerprint density at radius 1 is 0.472 bits per heavy atom. The number of carboxylic acid groups (broad SMARTS) is 1. The van der Waals surface area contributed by atoms with Crippen molar-refractivity contribution in [2.45, 2.75) is 143 Å². The van der Waals surface area contributed by atoms with Gasteiger partial charge in [0, 0.05) is 111 Å². The predicted molar refractivity (Wildman–Crippen MR) is 511 cm³/mol. The fourth-order valence-corrected chi connectivity index (χ4v) is 11.5. The number of aliphatic hydroxyl groups is 1. The number of halogens is 6. The number of esters is 6. The Hall–Kier alpha value is -7.87. The van der Waals surface area contributed by atoms with Gasteiger partial charge in [0.05, 0.1) is 137 Å². The van der Waals surface area contributed by atoms with Crippen molar-refractivity contribution in [2.75, 3.05) is 131 Å². The second-order valence-electron chi connectivity index (χ2n) is 25.3. The smallest absolute Gasteiger partial charge is 0.373 e. The zero-order valence-electron chi connectivity index (χ0n) is 71.4. The highest BCUT2D eigenvalue weighted by atomic mass is 127. The van der Waals surface area contributed by atoms with E-state index in [-0.39, 0.29) is 119 Å². The molecular formula is C78H117B6Cl4I2N11O24. The van der Waals surface area contributed by atoms with Gasteiger partial charge in [0.15, 0.2) is 0 Å². The lowest BCUT2D eigenvalue weighted by Crippen LogP contribution is -2.40. The minimum absolute atomic E-state index is 0. The summed E-state index contributed by atoms with van der Waals surface area (Å²) >= 11 is 27.8. The van der Waals surface area contributed by atoms with Crippen LogP contribution in [0.5, 0.6) is 0 Å². The molecule has 0 saturated carbocycles. The van der Waals surface area contributed by atoms with E-state index < -0.39 is 30.0 Å². The van der Waals surface area contributed by atoms with Crippen LogP contribution in [0.3, 0.4) is 0 Å². The molecule has 0 amide bonds. The zero-order valence-corrected chi connectivity index (χ0v) is 78.8. The molecule has 0 saturated heterocycles. The molecule has 4 aromatic rings. The van der Waals surface area contributed by atoms with E-state index in [1.807, 2.05) is 81.4 Å². The van der Waals surface area contributed by atoms with Crippen molar-refractivity contribution in [1.82, 2.24) is 31.4 Å². The molecule has 4 aromatic carbocycles. The number of aryl methyl sites for hydroxylation is 4. The van der Waals surface area contributed by atoms with Crippen LogP contribution in [0.15, 0.2) is 72.8 Å². The van der Waals surface area contributed by atoms with Gasteiger partial charge in [-0.1, -0.05) is 54.3 Å². The van der Waals surface area contributed by atoms with Crippen molar-refractivity contribution in [2.24, 2.45) is 5.73 Å². The quantitative estimate of drug-likeness (QED) is 0.00441. The van der Waals surface area contributed by atoms with Crippen molar-refractivity contribution in [1.29, 1.82) is 0 Å². The Kier molecular flexibility index (Phi) is 87.5. The molecule has 0 fully saturated rings. The standard InChI is InChI=1S/C17H24BCl2N2O3.C15H22Cl2N2O2.C13H18BN2O3.C7H11BNO4.C7H8IN.C6H10BINO3.C6H11BNO4.C5H9BNO3.CO2.CH4/c1-13-3-4-16(22(7-5-19)8-6-20)10-14(13)9-15(21-18-12-23)11-17(24)25-2;1-11-2-3-14(19(6-4-16)7-5-17)9-12(11)8-13(18)10-15(20)21;1-9-3-4-11(15)5-10(9)6-12(16-14-8-17)7-13(18)19-2;1-5(11)6(9-8-4-10)3-7(12)13-2;1-5-2-3-6(9)4-7(5)8;1-12-6(11)2-5(3-8)9-7-4-10;1-12-6(11)2-5(3-9)8-7-4-10;1-10-5(9)2-3-7-6-4-8;2-1-3;/h3-4,10,12,15,21H,5-9,11H2,1-2H3;2-3,9,13H,4-8,10,18H2,1H3,(H,20,21);3-5,8,12,16H,6-7,15H2,1-2H3;4,6,9H,3H2,1-2H3;2-4H,9H2,1H3;4-5,9H,2-3H2,1H3;4-5,8-9H,2-3H2,1H3;4,7H,2-3H2,1H3;;1H4/t15-;13-;12-;6-;;2*5-;;;/m0001.11.../s1. The van der Waals surface area contributed by atoms with Gasteiger partial charge in [-0.2, -0.15) is 9.59 Å².